The fourth-order valence-electron chi connectivity index (χ4n) is 4.59. The molecular formula is C28H29N5O2. The van der Waals surface area contributed by atoms with Crippen LogP contribution in [0, 0.1) is 6.92 Å². The second kappa shape index (κ2) is 9.35. The number of carbonyl (C=O) groups is 1. The van der Waals surface area contributed by atoms with E-state index in [0.717, 1.165) is 48.5 Å². The molecule has 1 saturated heterocycles. The summed E-state index contributed by atoms with van der Waals surface area (Å²) in [6.45, 7) is 7.33. The van der Waals surface area contributed by atoms with Crippen LogP contribution in [0.25, 0.3) is 10.9 Å². The van der Waals surface area contributed by atoms with Crippen LogP contribution in [0.4, 0.5) is 11.5 Å². The SMILES string of the molecule is CC(=O)n1c(O)c(C(=Nc2ccc(N3CCN(C)CC3)nc2)c2ccccc2)c2ccc(C)cc21. The summed E-state index contributed by atoms with van der Waals surface area (Å²) in [5, 5.41) is 12.0. The molecule has 178 valence electrons. The van der Waals surface area contributed by atoms with E-state index in [0.29, 0.717) is 22.5 Å². The standard InChI is InChI=1S/C28H29N5O2/c1-19-9-11-23-24(17-19)33(20(2)34)28(35)26(23)27(21-7-5-4-6-8-21)30-22-10-12-25(29-18-22)32-15-13-31(3)14-16-32/h4-12,17-18,35H,13-16H2,1-3H3. The Kier molecular flexibility index (Phi) is 6.09. The molecule has 0 aliphatic carbocycles. The number of anilines is 1. The maximum Gasteiger partial charge on any atom is 0.230 e. The minimum Gasteiger partial charge on any atom is -0.494 e. The van der Waals surface area contributed by atoms with Crippen LogP contribution < -0.4 is 4.90 Å². The first-order chi connectivity index (χ1) is 16.9. The number of piperazine rings is 1. The number of hydrogen-bond acceptors (Lipinski definition) is 6. The number of aryl methyl sites for hydroxylation is 1. The number of aliphatic imine (C=N–C) groups is 1. The van der Waals surface area contributed by atoms with Crippen molar-refractivity contribution in [1.82, 2.24) is 14.5 Å². The monoisotopic (exact) mass is 467 g/mol. The van der Waals surface area contributed by atoms with E-state index >= 15 is 0 Å². The molecule has 0 atom stereocenters. The molecule has 1 fully saturated rings. The first-order valence-electron chi connectivity index (χ1n) is 11.8. The van der Waals surface area contributed by atoms with Crippen molar-refractivity contribution in [3.8, 4) is 5.88 Å². The highest BCUT2D eigenvalue weighted by molar-refractivity contribution is 6.23. The van der Waals surface area contributed by atoms with Gasteiger partial charge in [-0.05, 0) is 37.7 Å². The zero-order valence-corrected chi connectivity index (χ0v) is 20.3. The minimum atomic E-state index is -0.255. The molecule has 1 N–H and O–H groups in total. The molecule has 0 saturated carbocycles. The molecule has 4 aromatic rings. The van der Waals surface area contributed by atoms with Gasteiger partial charge in [-0.3, -0.25) is 9.36 Å². The smallest absolute Gasteiger partial charge is 0.230 e. The van der Waals surface area contributed by atoms with Crippen molar-refractivity contribution in [2.24, 2.45) is 4.99 Å². The molecule has 1 aliphatic rings. The van der Waals surface area contributed by atoms with Crippen LogP contribution in [-0.2, 0) is 0 Å². The van der Waals surface area contributed by atoms with Crippen LogP contribution in [0.2, 0.25) is 0 Å². The molecule has 1 aliphatic heterocycles. The first kappa shape index (κ1) is 22.8. The summed E-state index contributed by atoms with van der Waals surface area (Å²) in [4.78, 5) is 26.7. The lowest BCUT2D eigenvalue weighted by Gasteiger charge is -2.33. The zero-order valence-electron chi connectivity index (χ0n) is 20.3. The number of rotatable bonds is 4. The van der Waals surface area contributed by atoms with E-state index in [2.05, 4.69) is 21.8 Å². The van der Waals surface area contributed by atoms with Crippen molar-refractivity contribution in [2.45, 2.75) is 13.8 Å². The summed E-state index contributed by atoms with van der Waals surface area (Å²) in [6.07, 6.45) is 1.77. The number of benzene rings is 2. The van der Waals surface area contributed by atoms with Crippen LogP contribution in [0.1, 0.15) is 28.4 Å². The Balaban J connectivity index is 1.63. The van der Waals surface area contributed by atoms with Gasteiger partial charge >= 0.3 is 0 Å². The molecule has 3 heterocycles. The molecule has 2 aromatic carbocycles. The molecule has 5 rings (SSSR count). The highest BCUT2D eigenvalue weighted by Gasteiger charge is 2.24. The van der Waals surface area contributed by atoms with E-state index in [-0.39, 0.29) is 11.8 Å². The van der Waals surface area contributed by atoms with Crippen molar-refractivity contribution in [1.29, 1.82) is 0 Å². The Hall–Kier alpha value is -3.97. The summed E-state index contributed by atoms with van der Waals surface area (Å²) in [7, 11) is 2.13. The van der Waals surface area contributed by atoms with Crippen LogP contribution in [0.3, 0.4) is 0 Å². The zero-order chi connectivity index (χ0) is 24.5. The summed E-state index contributed by atoms with van der Waals surface area (Å²) in [5.41, 5.74) is 4.31. The third kappa shape index (κ3) is 4.42. The summed E-state index contributed by atoms with van der Waals surface area (Å²) >= 11 is 0. The number of likely N-dealkylation sites (N-methyl/N-ethyl adjacent to an activating group) is 1. The number of fused-ring (bicyclic) bond motifs is 1. The molecule has 0 radical (unpaired) electrons. The Labute approximate surface area is 205 Å². The molecule has 2 aromatic heterocycles. The van der Waals surface area contributed by atoms with Crippen LogP contribution in [0.15, 0.2) is 71.9 Å². The number of pyridine rings is 1. The second-order valence-corrected chi connectivity index (χ2v) is 9.06. The highest BCUT2D eigenvalue weighted by Crippen LogP contribution is 2.35. The van der Waals surface area contributed by atoms with Gasteiger partial charge in [-0.15, -0.1) is 0 Å². The van der Waals surface area contributed by atoms with E-state index in [9.17, 15) is 9.90 Å². The average molecular weight is 468 g/mol. The van der Waals surface area contributed by atoms with Crippen molar-refractivity contribution < 1.29 is 9.90 Å². The molecule has 0 unspecified atom stereocenters. The summed E-state index contributed by atoms with van der Waals surface area (Å²) in [5.74, 6) is 0.572. The van der Waals surface area contributed by atoms with Gasteiger partial charge in [0.05, 0.1) is 28.7 Å². The van der Waals surface area contributed by atoms with E-state index in [4.69, 9.17) is 4.99 Å². The number of nitrogens with zero attached hydrogens (tertiary/aromatic N) is 5. The molecule has 35 heavy (non-hydrogen) atoms. The first-order valence-corrected chi connectivity index (χ1v) is 11.8. The fraction of sp³-hybridized carbons (Fsp3) is 0.250. The largest absolute Gasteiger partial charge is 0.494 e. The maximum absolute atomic E-state index is 12.5. The van der Waals surface area contributed by atoms with Crippen molar-refractivity contribution in [3.63, 3.8) is 0 Å². The van der Waals surface area contributed by atoms with Gasteiger partial charge in [0.2, 0.25) is 11.8 Å². The number of hydrogen-bond donors (Lipinski definition) is 1. The minimum absolute atomic E-state index is 0.109. The lowest BCUT2D eigenvalue weighted by molar-refractivity contribution is 0.0933. The Morgan fingerprint density at radius 3 is 2.40 bits per heavy atom. The van der Waals surface area contributed by atoms with Gasteiger partial charge in [0.1, 0.15) is 5.82 Å². The van der Waals surface area contributed by atoms with Crippen LogP contribution >= 0.6 is 0 Å². The molecule has 7 heteroatoms. The Bertz CT molecular complexity index is 1400. The normalized spacial score (nSPS) is 15.1. The van der Waals surface area contributed by atoms with Gasteiger partial charge < -0.3 is 14.9 Å². The highest BCUT2D eigenvalue weighted by atomic mass is 16.3. The third-order valence-corrected chi connectivity index (χ3v) is 6.50. The van der Waals surface area contributed by atoms with Crippen molar-refractivity contribution in [2.75, 3.05) is 38.1 Å². The van der Waals surface area contributed by atoms with Gasteiger partial charge in [0.25, 0.3) is 0 Å². The van der Waals surface area contributed by atoms with Crippen LogP contribution in [-0.4, -0.2) is 64.4 Å². The summed E-state index contributed by atoms with van der Waals surface area (Å²) in [6, 6.07) is 19.5. The predicted molar refractivity (Wildman–Crippen MR) is 140 cm³/mol. The van der Waals surface area contributed by atoms with Gasteiger partial charge in [-0.1, -0.05) is 42.5 Å². The van der Waals surface area contributed by atoms with E-state index in [1.165, 1.54) is 11.5 Å². The van der Waals surface area contributed by atoms with Gasteiger partial charge in [0.15, 0.2) is 0 Å². The Morgan fingerprint density at radius 2 is 1.74 bits per heavy atom. The van der Waals surface area contributed by atoms with Crippen molar-refractivity contribution in [3.05, 3.63) is 83.6 Å². The lowest BCUT2D eigenvalue weighted by Crippen LogP contribution is -2.44. The number of carbonyl (C=O) groups excluding carboxylic acids is 1. The van der Waals surface area contributed by atoms with E-state index in [1.807, 2.05) is 67.6 Å². The van der Waals surface area contributed by atoms with Crippen LogP contribution in [0.5, 0.6) is 5.88 Å². The molecule has 0 amide bonds. The van der Waals surface area contributed by atoms with Crippen molar-refractivity contribution >= 4 is 34.0 Å². The van der Waals surface area contributed by atoms with Gasteiger partial charge in [-0.2, -0.15) is 0 Å². The van der Waals surface area contributed by atoms with E-state index < -0.39 is 0 Å². The fourth-order valence-corrected chi connectivity index (χ4v) is 4.59. The third-order valence-electron chi connectivity index (χ3n) is 6.50. The maximum atomic E-state index is 12.5. The predicted octanol–water partition coefficient (Wildman–Crippen LogP) is 4.63. The molecule has 0 bridgehead atoms. The molecule has 7 nitrogen and oxygen atoms in total. The van der Waals surface area contributed by atoms with Gasteiger partial charge in [-0.25, -0.2) is 9.98 Å². The number of aromatic hydroxyl groups is 1. The second-order valence-electron chi connectivity index (χ2n) is 9.06. The lowest BCUT2D eigenvalue weighted by atomic mass is 10.0. The van der Waals surface area contributed by atoms with E-state index in [1.54, 1.807) is 6.20 Å². The topological polar surface area (TPSA) is 74.0 Å². The molecule has 0 spiro atoms. The summed E-state index contributed by atoms with van der Waals surface area (Å²) < 4.78 is 1.35. The average Bonchev–Trinajstić information content (AvgIpc) is 3.15. The van der Waals surface area contributed by atoms with Gasteiger partial charge in [0, 0.05) is 44.1 Å². The quantitative estimate of drug-likeness (QED) is 0.443. The molecular weight excluding hydrogens is 438 g/mol. The number of aromatic nitrogens is 2. The Morgan fingerprint density at radius 1 is 1.00 bits per heavy atom.